The molecule has 0 bridgehead atoms. The molecule has 7 heteroatoms. The van der Waals surface area contributed by atoms with Gasteiger partial charge in [-0.2, -0.15) is 5.26 Å². The van der Waals surface area contributed by atoms with Crippen LogP contribution >= 0.6 is 0 Å². The standard InChI is InChI=1S/C20H29N5O2/c1-19(2,3)13-22-17(26)16-15-11-24(9-6-10-25(15)14-23-16)18(27)20(12-21)7-4-5-8-20/h14H,4-11,13H2,1-3H3,(H,22,26). The summed E-state index contributed by atoms with van der Waals surface area (Å²) >= 11 is 0. The second-order valence-corrected chi connectivity index (χ2v) is 8.96. The molecule has 1 aromatic heterocycles. The lowest BCUT2D eigenvalue weighted by molar-refractivity contribution is -0.139. The highest BCUT2D eigenvalue weighted by Crippen LogP contribution is 2.39. The fraction of sp³-hybridized carbons (Fsp3) is 0.700. The van der Waals surface area contributed by atoms with Crippen molar-refractivity contribution in [2.45, 2.75) is 66.0 Å². The molecule has 2 amide bonds. The molecule has 2 aliphatic rings. The predicted octanol–water partition coefficient (Wildman–Crippen LogP) is 2.48. The molecule has 3 rings (SSSR count). The third kappa shape index (κ3) is 4.00. The Bertz CT molecular complexity index is 762. The lowest BCUT2D eigenvalue weighted by Crippen LogP contribution is -2.42. The van der Waals surface area contributed by atoms with Crippen molar-refractivity contribution in [2.75, 3.05) is 13.1 Å². The molecule has 1 aromatic rings. The summed E-state index contributed by atoms with van der Waals surface area (Å²) in [6, 6.07) is 2.29. The maximum atomic E-state index is 13.1. The molecule has 0 aromatic carbocycles. The van der Waals surface area contributed by atoms with Crippen molar-refractivity contribution in [1.29, 1.82) is 5.26 Å². The Hall–Kier alpha value is -2.36. The fourth-order valence-corrected chi connectivity index (χ4v) is 3.90. The molecule has 1 N–H and O–H groups in total. The van der Waals surface area contributed by atoms with Gasteiger partial charge in [0, 0.05) is 19.6 Å². The zero-order valence-corrected chi connectivity index (χ0v) is 16.5. The summed E-state index contributed by atoms with van der Waals surface area (Å²) in [7, 11) is 0. The van der Waals surface area contributed by atoms with Crippen molar-refractivity contribution < 1.29 is 9.59 Å². The first kappa shape index (κ1) is 19.4. The number of nitriles is 1. The van der Waals surface area contributed by atoms with Crippen LogP contribution in [0.25, 0.3) is 0 Å². The Kier molecular flexibility index (Phi) is 5.27. The van der Waals surface area contributed by atoms with E-state index in [1.165, 1.54) is 0 Å². The van der Waals surface area contributed by atoms with Crippen LogP contribution in [-0.4, -0.2) is 39.4 Å². The highest BCUT2D eigenvalue weighted by Gasteiger charge is 2.44. The normalized spacial score (nSPS) is 19.1. The van der Waals surface area contributed by atoms with Gasteiger partial charge in [0.25, 0.3) is 5.91 Å². The van der Waals surface area contributed by atoms with Gasteiger partial charge in [0.05, 0.1) is 24.6 Å². The van der Waals surface area contributed by atoms with Crippen molar-refractivity contribution in [2.24, 2.45) is 10.8 Å². The number of hydrogen-bond acceptors (Lipinski definition) is 4. The summed E-state index contributed by atoms with van der Waals surface area (Å²) < 4.78 is 1.97. The van der Waals surface area contributed by atoms with Gasteiger partial charge in [-0.15, -0.1) is 0 Å². The molecule has 1 aliphatic carbocycles. The molecule has 1 fully saturated rings. The highest BCUT2D eigenvalue weighted by atomic mass is 16.2. The van der Waals surface area contributed by atoms with Crippen LogP contribution in [0, 0.1) is 22.2 Å². The minimum absolute atomic E-state index is 0.0179. The number of aryl methyl sites for hydroxylation is 1. The Morgan fingerprint density at radius 1 is 1.26 bits per heavy atom. The SMILES string of the molecule is CC(C)(C)CNC(=O)c1ncn2c1CN(C(=O)C1(C#N)CCCC1)CCC2. The second kappa shape index (κ2) is 7.34. The molecule has 7 nitrogen and oxygen atoms in total. The van der Waals surface area contributed by atoms with Gasteiger partial charge in [-0.25, -0.2) is 4.98 Å². The van der Waals surface area contributed by atoms with Gasteiger partial charge < -0.3 is 14.8 Å². The summed E-state index contributed by atoms with van der Waals surface area (Å²) in [6.45, 7) is 8.39. The van der Waals surface area contributed by atoms with E-state index in [2.05, 4.69) is 37.1 Å². The summed E-state index contributed by atoms with van der Waals surface area (Å²) in [4.78, 5) is 31.9. The topological polar surface area (TPSA) is 91.0 Å². The van der Waals surface area contributed by atoms with Crippen LogP contribution in [0.2, 0.25) is 0 Å². The van der Waals surface area contributed by atoms with E-state index in [1.807, 2.05) is 4.57 Å². The molecule has 0 saturated heterocycles. The van der Waals surface area contributed by atoms with Crippen LogP contribution in [-0.2, 0) is 17.9 Å². The van der Waals surface area contributed by atoms with E-state index in [0.29, 0.717) is 38.2 Å². The first-order chi connectivity index (χ1) is 12.8. The number of carbonyl (C=O) groups excluding carboxylic acids is 2. The fourth-order valence-electron chi connectivity index (χ4n) is 3.90. The minimum Gasteiger partial charge on any atom is -0.350 e. The molecular weight excluding hydrogens is 342 g/mol. The summed E-state index contributed by atoms with van der Waals surface area (Å²) in [6.07, 6.45) is 5.59. The minimum atomic E-state index is -0.885. The number of aromatic nitrogens is 2. The van der Waals surface area contributed by atoms with Gasteiger partial charge in [-0.3, -0.25) is 9.59 Å². The quantitative estimate of drug-likeness (QED) is 0.884. The molecule has 2 heterocycles. The van der Waals surface area contributed by atoms with E-state index in [9.17, 15) is 14.9 Å². The Labute approximate surface area is 160 Å². The van der Waals surface area contributed by atoms with Gasteiger partial charge in [0.15, 0.2) is 5.69 Å². The predicted molar refractivity (Wildman–Crippen MR) is 101 cm³/mol. The lowest BCUT2D eigenvalue weighted by Gasteiger charge is -2.28. The number of nitrogens with zero attached hydrogens (tertiary/aromatic N) is 4. The molecule has 0 atom stereocenters. The van der Waals surface area contributed by atoms with Crippen molar-refractivity contribution >= 4 is 11.8 Å². The first-order valence-electron chi connectivity index (χ1n) is 9.79. The van der Waals surface area contributed by atoms with E-state index >= 15 is 0 Å². The zero-order valence-electron chi connectivity index (χ0n) is 16.5. The maximum Gasteiger partial charge on any atom is 0.271 e. The molecule has 146 valence electrons. The molecule has 0 radical (unpaired) electrons. The van der Waals surface area contributed by atoms with Crippen molar-refractivity contribution in [3.63, 3.8) is 0 Å². The largest absolute Gasteiger partial charge is 0.350 e. The Balaban J connectivity index is 1.80. The monoisotopic (exact) mass is 371 g/mol. The van der Waals surface area contributed by atoms with Gasteiger partial charge in [0.1, 0.15) is 5.41 Å². The highest BCUT2D eigenvalue weighted by molar-refractivity contribution is 5.93. The van der Waals surface area contributed by atoms with Crippen LogP contribution < -0.4 is 5.32 Å². The van der Waals surface area contributed by atoms with E-state index in [4.69, 9.17) is 0 Å². The molecule has 1 aliphatic heterocycles. The molecule has 0 spiro atoms. The molecule has 0 unspecified atom stereocenters. The molecular formula is C20H29N5O2. The van der Waals surface area contributed by atoms with Gasteiger partial charge in [-0.05, 0) is 24.7 Å². The third-order valence-electron chi connectivity index (χ3n) is 5.48. The third-order valence-corrected chi connectivity index (χ3v) is 5.48. The number of nitrogens with one attached hydrogen (secondary N) is 1. The lowest BCUT2D eigenvalue weighted by atomic mass is 9.86. The Morgan fingerprint density at radius 3 is 2.59 bits per heavy atom. The summed E-state index contributed by atoms with van der Waals surface area (Å²) in [5, 5.41) is 12.6. The average Bonchev–Trinajstić information content (AvgIpc) is 3.21. The number of amides is 2. The number of rotatable bonds is 3. The van der Waals surface area contributed by atoms with Crippen LogP contribution in [0.1, 0.15) is 69.1 Å². The number of carbonyl (C=O) groups is 2. The van der Waals surface area contributed by atoms with Crippen molar-refractivity contribution in [1.82, 2.24) is 19.8 Å². The molecule has 27 heavy (non-hydrogen) atoms. The smallest absolute Gasteiger partial charge is 0.271 e. The van der Waals surface area contributed by atoms with Gasteiger partial charge >= 0.3 is 0 Å². The number of imidazole rings is 1. The summed E-state index contributed by atoms with van der Waals surface area (Å²) in [5.41, 5.74) is 0.245. The maximum absolute atomic E-state index is 13.1. The van der Waals surface area contributed by atoms with Crippen molar-refractivity contribution in [3.8, 4) is 6.07 Å². The van der Waals surface area contributed by atoms with E-state index in [0.717, 1.165) is 31.5 Å². The van der Waals surface area contributed by atoms with E-state index < -0.39 is 5.41 Å². The average molecular weight is 371 g/mol. The van der Waals surface area contributed by atoms with Gasteiger partial charge in [0.2, 0.25) is 5.91 Å². The number of hydrogen-bond donors (Lipinski definition) is 1. The summed E-state index contributed by atoms with van der Waals surface area (Å²) in [5.74, 6) is -0.290. The van der Waals surface area contributed by atoms with Crippen LogP contribution in [0.3, 0.4) is 0 Å². The first-order valence-corrected chi connectivity index (χ1v) is 9.79. The number of fused-ring (bicyclic) bond motifs is 1. The zero-order chi connectivity index (χ0) is 19.7. The van der Waals surface area contributed by atoms with E-state index in [-0.39, 0.29) is 17.2 Å². The molecule has 1 saturated carbocycles. The Morgan fingerprint density at radius 2 is 1.96 bits per heavy atom. The van der Waals surface area contributed by atoms with Crippen LogP contribution in [0.4, 0.5) is 0 Å². The van der Waals surface area contributed by atoms with Crippen molar-refractivity contribution in [3.05, 3.63) is 17.7 Å². The van der Waals surface area contributed by atoms with Gasteiger partial charge in [-0.1, -0.05) is 33.6 Å². The van der Waals surface area contributed by atoms with E-state index in [1.54, 1.807) is 11.2 Å². The second-order valence-electron chi connectivity index (χ2n) is 8.96. The van der Waals surface area contributed by atoms with Crippen LogP contribution in [0.15, 0.2) is 6.33 Å². The van der Waals surface area contributed by atoms with Crippen LogP contribution in [0.5, 0.6) is 0 Å².